The maximum absolute atomic E-state index is 12.3. The van der Waals surface area contributed by atoms with E-state index in [0.717, 1.165) is 12.8 Å². The first kappa shape index (κ1) is 21.5. The molecule has 2 aliphatic carbocycles. The summed E-state index contributed by atoms with van der Waals surface area (Å²) >= 11 is 0. The van der Waals surface area contributed by atoms with Crippen molar-refractivity contribution in [3.63, 3.8) is 0 Å². The van der Waals surface area contributed by atoms with Crippen molar-refractivity contribution in [3.05, 3.63) is 0 Å². The second-order valence-electron chi connectivity index (χ2n) is 8.73. The van der Waals surface area contributed by atoms with Gasteiger partial charge >= 0.3 is 12.0 Å². The van der Waals surface area contributed by atoms with Gasteiger partial charge in [0.25, 0.3) is 0 Å². The fourth-order valence-corrected chi connectivity index (χ4v) is 4.79. The molecule has 4 atom stereocenters. The molecule has 0 aromatic carbocycles. The van der Waals surface area contributed by atoms with E-state index in [1.54, 1.807) is 0 Å². The maximum Gasteiger partial charge on any atom is 0.326 e. The molecule has 0 aromatic heterocycles. The number of hydrogen-bond donors (Lipinski definition) is 5. The lowest BCUT2D eigenvalue weighted by molar-refractivity contribution is -0.139. The SMILES string of the molecule is CC1(C)[C@@H]2CC[C@@]1(C)[C@@H](NC(=O)CNC(=O)N[C@@H](CCCCN)C(=O)O)C2. The molecule has 154 valence electrons. The van der Waals surface area contributed by atoms with Crippen LogP contribution in [0.5, 0.6) is 0 Å². The molecule has 2 saturated carbocycles. The predicted molar refractivity (Wildman–Crippen MR) is 102 cm³/mol. The van der Waals surface area contributed by atoms with Crippen LogP contribution in [0.3, 0.4) is 0 Å². The number of carboxylic acids is 1. The van der Waals surface area contributed by atoms with Gasteiger partial charge in [0, 0.05) is 6.04 Å². The van der Waals surface area contributed by atoms with E-state index in [2.05, 4.69) is 36.7 Å². The van der Waals surface area contributed by atoms with Crippen LogP contribution >= 0.6 is 0 Å². The van der Waals surface area contributed by atoms with Gasteiger partial charge in [0.05, 0.1) is 6.54 Å². The maximum atomic E-state index is 12.3. The molecule has 0 heterocycles. The number of rotatable bonds is 9. The third-order valence-corrected chi connectivity index (χ3v) is 7.09. The summed E-state index contributed by atoms with van der Waals surface area (Å²) in [5.74, 6) is -0.715. The van der Waals surface area contributed by atoms with Gasteiger partial charge in [-0.25, -0.2) is 9.59 Å². The van der Waals surface area contributed by atoms with Gasteiger partial charge in [-0.2, -0.15) is 0 Å². The molecule has 0 radical (unpaired) electrons. The predicted octanol–water partition coefficient (Wildman–Crippen LogP) is 1.20. The lowest BCUT2D eigenvalue weighted by Crippen LogP contribution is -2.52. The third kappa shape index (κ3) is 4.54. The highest BCUT2D eigenvalue weighted by Gasteiger charge is 2.61. The zero-order valence-corrected chi connectivity index (χ0v) is 16.6. The molecule has 2 fully saturated rings. The number of unbranched alkanes of at least 4 members (excludes halogenated alkanes) is 1. The molecule has 8 nitrogen and oxygen atoms in total. The number of amides is 3. The summed E-state index contributed by atoms with van der Waals surface area (Å²) in [6.07, 6.45) is 4.91. The first-order valence-electron chi connectivity index (χ1n) is 9.88. The van der Waals surface area contributed by atoms with Crippen LogP contribution in [0.25, 0.3) is 0 Å². The lowest BCUT2D eigenvalue weighted by Gasteiger charge is -2.39. The van der Waals surface area contributed by atoms with Crippen molar-refractivity contribution in [2.45, 2.75) is 71.4 Å². The molecule has 0 unspecified atom stereocenters. The quantitative estimate of drug-likeness (QED) is 0.382. The van der Waals surface area contributed by atoms with Crippen LogP contribution < -0.4 is 21.7 Å². The number of fused-ring (bicyclic) bond motifs is 2. The highest BCUT2D eigenvalue weighted by atomic mass is 16.4. The van der Waals surface area contributed by atoms with Gasteiger partial charge in [0.2, 0.25) is 5.91 Å². The molecule has 27 heavy (non-hydrogen) atoms. The van der Waals surface area contributed by atoms with Gasteiger partial charge in [-0.15, -0.1) is 0 Å². The monoisotopic (exact) mass is 382 g/mol. The normalized spacial score (nSPS) is 29.2. The van der Waals surface area contributed by atoms with E-state index >= 15 is 0 Å². The molecule has 6 N–H and O–H groups in total. The summed E-state index contributed by atoms with van der Waals surface area (Å²) in [7, 11) is 0. The smallest absolute Gasteiger partial charge is 0.326 e. The fourth-order valence-electron chi connectivity index (χ4n) is 4.79. The average molecular weight is 383 g/mol. The Balaban J connectivity index is 1.77. The summed E-state index contributed by atoms with van der Waals surface area (Å²) < 4.78 is 0. The van der Waals surface area contributed by atoms with Crippen LogP contribution in [-0.2, 0) is 9.59 Å². The van der Waals surface area contributed by atoms with Gasteiger partial charge in [0.1, 0.15) is 6.04 Å². The van der Waals surface area contributed by atoms with E-state index in [1.165, 1.54) is 6.42 Å². The minimum atomic E-state index is -1.09. The zero-order chi connectivity index (χ0) is 20.2. The molecular weight excluding hydrogens is 348 g/mol. The fraction of sp³-hybridized carbons (Fsp3) is 0.842. The molecule has 2 bridgehead atoms. The molecule has 2 rings (SSSR count). The largest absolute Gasteiger partial charge is 0.480 e. The summed E-state index contributed by atoms with van der Waals surface area (Å²) in [5, 5.41) is 17.1. The Hall–Kier alpha value is -1.83. The number of urea groups is 1. The summed E-state index contributed by atoms with van der Waals surface area (Å²) in [5.41, 5.74) is 5.68. The van der Waals surface area contributed by atoms with Crippen LogP contribution in [0, 0.1) is 16.7 Å². The first-order chi connectivity index (χ1) is 12.6. The number of carboxylic acid groups (broad SMARTS) is 1. The summed E-state index contributed by atoms with van der Waals surface area (Å²) in [6.45, 7) is 7.11. The standard InChI is InChI=1S/C19H34N4O4/c1-18(2)12-7-8-19(18,3)14(10-12)23-15(24)11-21-17(27)22-13(16(25)26)6-4-5-9-20/h12-14H,4-11,20H2,1-3H3,(H,23,24)(H,25,26)(H2,21,22,27)/t12-,13+,14+,19+/m1/s1. The topological polar surface area (TPSA) is 134 Å². The Bertz CT molecular complexity index is 580. The van der Waals surface area contributed by atoms with Gasteiger partial charge in [-0.05, 0) is 61.8 Å². The van der Waals surface area contributed by atoms with Crippen molar-refractivity contribution in [1.29, 1.82) is 0 Å². The zero-order valence-electron chi connectivity index (χ0n) is 16.6. The minimum absolute atomic E-state index is 0.0764. The molecule has 0 aliphatic heterocycles. The van der Waals surface area contributed by atoms with Crippen molar-refractivity contribution >= 4 is 17.9 Å². The van der Waals surface area contributed by atoms with Gasteiger partial charge in [-0.1, -0.05) is 20.8 Å². The molecule has 0 spiro atoms. The molecule has 8 heteroatoms. The molecular formula is C19H34N4O4. The highest BCUT2D eigenvalue weighted by Crippen LogP contribution is 2.65. The van der Waals surface area contributed by atoms with E-state index in [0.29, 0.717) is 31.7 Å². The van der Waals surface area contributed by atoms with Crippen LogP contribution in [0.1, 0.15) is 59.3 Å². The van der Waals surface area contributed by atoms with Crippen molar-refractivity contribution in [2.24, 2.45) is 22.5 Å². The van der Waals surface area contributed by atoms with Crippen molar-refractivity contribution in [1.82, 2.24) is 16.0 Å². The van der Waals surface area contributed by atoms with E-state index in [-0.39, 0.29) is 29.3 Å². The van der Waals surface area contributed by atoms with Crippen LogP contribution in [0.15, 0.2) is 0 Å². The number of nitrogens with two attached hydrogens (primary N) is 1. The van der Waals surface area contributed by atoms with Crippen LogP contribution in [-0.4, -0.2) is 48.2 Å². The van der Waals surface area contributed by atoms with E-state index in [4.69, 9.17) is 5.73 Å². The molecule has 0 aromatic rings. The second kappa shape index (κ2) is 8.46. The number of hydrogen-bond acceptors (Lipinski definition) is 4. The Morgan fingerprint density at radius 3 is 2.44 bits per heavy atom. The Labute approximate surface area is 161 Å². The third-order valence-electron chi connectivity index (χ3n) is 7.09. The summed E-state index contributed by atoms with van der Waals surface area (Å²) in [4.78, 5) is 35.4. The highest BCUT2D eigenvalue weighted by molar-refractivity contribution is 5.86. The number of carbonyl (C=O) groups is 3. The second-order valence-corrected chi connectivity index (χ2v) is 8.73. The van der Waals surface area contributed by atoms with E-state index in [9.17, 15) is 19.5 Å². The van der Waals surface area contributed by atoms with Crippen molar-refractivity contribution < 1.29 is 19.5 Å². The van der Waals surface area contributed by atoms with Gasteiger partial charge in [-0.3, -0.25) is 4.79 Å². The lowest BCUT2D eigenvalue weighted by atomic mass is 9.69. The summed E-state index contributed by atoms with van der Waals surface area (Å²) in [6, 6.07) is -1.51. The van der Waals surface area contributed by atoms with E-state index < -0.39 is 18.0 Å². The van der Waals surface area contributed by atoms with Gasteiger partial charge < -0.3 is 26.8 Å². The van der Waals surface area contributed by atoms with E-state index in [1.807, 2.05) is 0 Å². The first-order valence-corrected chi connectivity index (χ1v) is 9.88. The van der Waals surface area contributed by atoms with Crippen LogP contribution in [0.4, 0.5) is 4.79 Å². The number of nitrogens with one attached hydrogen (secondary N) is 3. The Kier molecular flexibility index (Phi) is 6.72. The number of aliphatic carboxylic acids is 1. The van der Waals surface area contributed by atoms with Crippen molar-refractivity contribution in [3.8, 4) is 0 Å². The Morgan fingerprint density at radius 1 is 1.22 bits per heavy atom. The molecule has 3 amide bonds. The van der Waals surface area contributed by atoms with Crippen molar-refractivity contribution in [2.75, 3.05) is 13.1 Å². The average Bonchev–Trinajstić information content (AvgIpc) is 2.92. The van der Waals surface area contributed by atoms with Crippen LogP contribution in [0.2, 0.25) is 0 Å². The van der Waals surface area contributed by atoms with Gasteiger partial charge in [0.15, 0.2) is 0 Å². The molecule has 0 saturated heterocycles. The Morgan fingerprint density at radius 2 is 1.93 bits per heavy atom. The number of carbonyl (C=O) groups excluding carboxylic acids is 2. The molecule has 2 aliphatic rings. The minimum Gasteiger partial charge on any atom is -0.480 e.